The predicted octanol–water partition coefficient (Wildman–Crippen LogP) is 2.53. The SMILES string of the molecule is CN(C)S(=O)(=O)c1cccc(C(=O)/C=C\c2ccc(C(=O)O)cc2)c1. The molecule has 0 bridgehead atoms. The molecule has 0 aromatic heterocycles. The predicted molar refractivity (Wildman–Crippen MR) is 94.1 cm³/mol. The van der Waals surface area contributed by atoms with Crippen LogP contribution in [0.4, 0.5) is 0 Å². The Bertz CT molecular complexity index is 928. The highest BCUT2D eigenvalue weighted by molar-refractivity contribution is 7.89. The fourth-order valence-electron chi connectivity index (χ4n) is 2.03. The number of allylic oxidation sites excluding steroid dienone is 1. The van der Waals surface area contributed by atoms with Crippen LogP contribution >= 0.6 is 0 Å². The van der Waals surface area contributed by atoms with Crippen LogP contribution in [0, 0.1) is 0 Å². The lowest BCUT2D eigenvalue weighted by Crippen LogP contribution is -2.22. The molecule has 0 fully saturated rings. The summed E-state index contributed by atoms with van der Waals surface area (Å²) in [4.78, 5) is 23.1. The zero-order chi connectivity index (χ0) is 18.6. The van der Waals surface area contributed by atoms with Gasteiger partial charge in [-0.25, -0.2) is 17.5 Å². The summed E-state index contributed by atoms with van der Waals surface area (Å²) in [6, 6.07) is 11.9. The Balaban J connectivity index is 2.22. The second-order valence-electron chi connectivity index (χ2n) is 5.44. The molecule has 2 aromatic rings. The van der Waals surface area contributed by atoms with Crippen LogP contribution in [0.2, 0.25) is 0 Å². The first-order chi connectivity index (χ1) is 11.7. The Hall–Kier alpha value is -2.77. The van der Waals surface area contributed by atoms with Gasteiger partial charge in [-0.3, -0.25) is 4.79 Å². The molecule has 0 heterocycles. The summed E-state index contributed by atoms with van der Waals surface area (Å²) in [6.45, 7) is 0. The van der Waals surface area contributed by atoms with Crippen molar-refractivity contribution < 1.29 is 23.1 Å². The number of carbonyl (C=O) groups is 2. The average molecular weight is 359 g/mol. The van der Waals surface area contributed by atoms with Crippen LogP contribution in [0.1, 0.15) is 26.3 Å². The van der Waals surface area contributed by atoms with E-state index in [0.29, 0.717) is 5.56 Å². The van der Waals surface area contributed by atoms with Crippen LogP contribution in [0.25, 0.3) is 6.08 Å². The van der Waals surface area contributed by atoms with E-state index in [9.17, 15) is 18.0 Å². The van der Waals surface area contributed by atoms with E-state index in [1.165, 1.54) is 56.6 Å². The number of carboxylic acids is 1. The lowest BCUT2D eigenvalue weighted by molar-refractivity contribution is 0.0696. The van der Waals surface area contributed by atoms with Crippen molar-refractivity contribution >= 4 is 27.9 Å². The molecule has 0 saturated carbocycles. The molecule has 130 valence electrons. The van der Waals surface area contributed by atoms with Crippen molar-refractivity contribution in [1.29, 1.82) is 0 Å². The number of rotatable bonds is 6. The molecule has 0 unspecified atom stereocenters. The van der Waals surface area contributed by atoms with E-state index in [-0.39, 0.29) is 21.8 Å². The third-order valence-corrected chi connectivity index (χ3v) is 5.29. The van der Waals surface area contributed by atoms with E-state index in [2.05, 4.69) is 0 Å². The van der Waals surface area contributed by atoms with Gasteiger partial charge < -0.3 is 5.11 Å². The second kappa shape index (κ2) is 7.42. The van der Waals surface area contributed by atoms with Crippen molar-refractivity contribution in [3.05, 3.63) is 71.3 Å². The van der Waals surface area contributed by atoms with Gasteiger partial charge in [-0.2, -0.15) is 0 Å². The highest BCUT2D eigenvalue weighted by atomic mass is 32.2. The lowest BCUT2D eigenvalue weighted by Gasteiger charge is -2.11. The molecule has 0 aliphatic carbocycles. The summed E-state index contributed by atoms with van der Waals surface area (Å²) < 4.78 is 25.3. The zero-order valence-corrected chi connectivity index (χ0v) is 14.5. The highest BCUT2D eigenvalue weighted by Gasteiger charge is 2.18. The van der Waals surface area contributed by atoms with Crippen molar-refractivity contribution in [2.24, 2.45) is 0 Å². The van der Waals surface area contributed by atoms with E-state index in [4.69, 9.17) is 5.11 Å². The first-order valence-corrected chi connectivity index (χ1v) is 8.74. The molecule has 0 atom stereocenters. The molecule has 2 rings (SSSR count). The molecule has 6 nitrogen and oxygen atoms in total. The number of carboxylic acid groups (broad SMARTS) is 1. The quantitative estimate of drug-likeness (QED) is 0.632. The first-order valence-electron chi connectivity index (χ1n) is 7.30. The van der Waals surface area contributed by atoms with Gasteiger partial charge in [-0.1, -0.05) is 30.3 Å². The van der Waals surface area contributed by atoms with Gasteiger partial charge in [-0.15, -0.1) is 0 Å². The number of aromatic carboxylic acids is 1. The molecule has 0 radical (unpaired) electrons. The normalized spacial score (nSPS) is 11.8. The standard InChI is InChI=1S/C18H17NO5S/c1-19(2)25(23,24)16-5-3-4-15(12-16)17(20)11-8-13-6-9-14(10-7-13)18(21)22/h3-12H,1-2H3,(H,21,22)/b11-8-. The minimum Gasteiger partial charge on any atom is -0.478 e. The van der Waals surface area contributed by atoms with E-state index >= 15 is 0 Å². The minimum atomic E-state index is -3.61. The van der Waals surface area contributed by atoms with Gasteiger partial charge >= 0.3 is 5.97 Å². The summed E-state index contributed by atoms with van der Waals surface area (Å²) in [7, 11) is -0.769. The Morgan fingerprint density at radius 2 is 1.64 bits per heavy atom. The van der Waals surface area contributed by atoms with Gasteiger partial charge in [0.05, 0.1) is 10.5 Å². The van der Waals surface area contributed by atoms with Gasteiger partial charge in [0.25, 0.3) is 0 Å². The van der Waals surface area contributed by atoms with E-state index < -0.39 is 16.0 Å². The van der Waals surface area contributed by atoms with Crippen LogP contribution in [0.3, 0.4) is 0 Å². The summed E-state index contributed by atoms with van der Waals surface area (Å²) in [5, 5.41) is 8.85. The molecule has 0 aliphatic rings. The molecule has 0 aliphatic heterocycles. The summed E-state index contributed by atoms with van der Waals surface area (Å²) in [5.74, 6) is -1.37. The number of carbonyl (C=O) groups excluding carboxylic acids is 1. The Labute approximate surface area is 146 Å². The largest absolute Gasteiger partial charge is 0.478 e. The molecule has 0 amide bonds. The molecule has 0 spiro atoms. The Morgan fingerprint density at radius 3 is 2.20 bits per heavy atom. The molecule has 25 heavy (non-hydrogen) atoms. The minimum absolute atomic E-state index is 0.0440. The Kier molecular flexibility index (Phi) is 5.51. The molecular formula is C18H17NO5S. The van der Waals surface area contributed by atoms with Crippen molar-refractivity contribution in [2.75, 3.05) is 14.1 Å². The fourth-order valence-corrected chi connectivity index (χ4v) is 2.97. The number of benzene rings is 2. The van der Waals surface area contributed by atoms with Gasteiger partial charge in [-0.05, 0) is 35.9 Å². The highest BCUT2D eigenvalue weighted by Crippen LogP contribution is 2.16. The second-order valence-corrected chi connectivity index (χ2v) is 7.59. The number of hydrogen-bond acceptors (Lipinski definition) is 4. The number of nitrogens with zero attached hydrogens (tertiary/aromatic N) is 1. The third kappa shape index (κ3) is 4.40. The molecule has 1 N–H and O–H groups in total. The first kappa shape index (κ1) is 18.6. The fraction of sp³-hybridized carbons (Fsp3) is 0.111. The van der Waals surface area contributed by atoms with Gasteiger partial charge in [0.1, 0.15) is 0 Å². The number of ketones is 1. The summed E-state index contributed by atoms with van der Waals surface area (Å²) in [5.41, 5.74) is 1.07. The van der Waals surface area contributed by atoms with Crippen LogP contribution in [0.5, 0.6) is 0 Å². The number of sulfonamides is 1. The molecule has 2 aromatic carbocycles. The van der Waals surface area contributed by atoms with Gasteiger partial charge in [0.2, 0.25) is 10.0 Å². The number of hydrogen-bond donors (Lipinski definition) is 1. The maximum atomic E-state index is 12.3. The van der Waals surface area contributed by atoms with E-state index in [0.717, 1.165) is 4.31 Å². The average Bonchev–Trinajstić information content (AvgIpc) is 2.60. The molecular weight excluding hydrogens is 342 g/mol. The van der Waals surface area contributed by atoms with Gasteiger partial charge in [0, 0.05) is 19.7 Å². The Morgan fingerprint density at radius 1 is 1.00 bits per heavy atom. The van der Waals surface area contributed by atoms with E-state index in [1.807, 2.05) is 0 Å². The maximum absolute atomic E-state index is 12.3. The van der Waals surface area contributed by atoms with Crippen molar-refractivity contribution in [2.45, 2.75) is 4.90 Å². The van der Waals surface area contributed by atoms with Crippen LogP contribution in [-0.4, -0.2) is 43.7 Å². The van der Waals surface area contributed by atoms with Crippen molar-refractivity contribution in [1.82, 2.24) is 4.31 Å². The molecule has 7 heteroatoms. The van der Waals surface area contributed by atoms with Crippen molar-refractivity contribution in [3.8, 4) is 0 Å². The lowest BCUT2D eigenvalue weighted by atomic mass is 10.1. The van der Waals surface area contributed by atoms with Crippen LogP contribution in [-0.2, 0) is 10.0 Å². The molecule has 0 saturated heterocycles. The van der Waals surface area contributed by atoms with Gasteiger partial charge in [0.15, 0.2) is 5.78 Å². The van der Waals surface area contributed by atoms with Crippen molar-refractivity contribution in [3.63, 3.8) is 0 Å². The van der Waals surface area contributed by atoms with Crippen LogP contribution < -0.4 is 0 Å². The summed E-state index contributed by atoms with van der Waals surface area (Å²) in [6.07, 6.45) is 2.86. The van der Waals surface area contributed by atoms with Crippen LogP contribution in [0.15, 0.2) is 59.5 Å². The smallest absolute Gasteiger partial charge is 0.335 e. The monoisotopic (exact) mass is 359 g/mol. The third-order valence-electron chi connectivity index (χ3n) is 3.48. The zero-order valence-electron chi connectivity index (χ0n) is 13.7. The van der Waals surface area contributed by atoms with E-state index in [1.54, 1.807) is 18.2 Å². The summed E-state index contributed by atoms with van der Waals surface area (Å²) >= 11 is 0. The topological polar surface area (TPSA) is 91.8 Å². The maximum Gasteiger partial charge on any atom is 0.335 e.